The molecule has 23 heavy (non-hydrogen) atoms. The van der Waals surface area contributed by atoms with Gasteiger partial charge in [-0.2, -0.15) is 0 Å². The topological polar surface area (TPSA) is 51.2 Å². The summed E-state index contributed by atoms with van der Waals surface area (Å²) >= 11 is 1.65. The van der Waals surface area contributed by atoms with Gasteiger partial charge in [-0.05, 0) is 29.8 Å². The van der Waals surface area contributed by atoms with Crippen molar-refractivity contribution in [2.75, 3.05) is 7.11 Å². The molecule has 0 radical (unpaired) electrons. The van der Waals surface area contributed by atoms with E-state index in [9.17, 15) is 4.79 Å². The number of amides is 1. The van der Waals surface area contributed by atoms with Gasteiger partial charge >= 0.3 is 0 Å². The van der Waals surface area contributed by atoms with Crippen LogP contribution in [0, 0.1) is 0 Å². The van der Waals surface area contributed by atoms with Crippen LogP contribution in [-0.2, 0) is 17.8 Å². The minimum Gasteiger partial charge on any atom is -0.497 e. The van der Waals surface area contributed by atoms with Crippen LogP contribution in [0.3, 0.4) is 0 Å². The van der Waals surface area contributed by atoms with Gasteiger partial charge in [0.2, 0.25) is 5.91 Å². The zero-order valence-electron chi connectivity index (χ0n) is 12.9. The van der Waals surface area contributed by atoms with Crippen molar-refractivity contribution in [2.45, 2.75) is 19.4 Å². The molecule has 0 aliphatic heterocycles. The van der Waals surface area contributed by atoms with E-state index >= 15 is 0 Å². The molecule has 3 aromatic rings. The van der Waals surface area contributed by atoms with Crippen LogP contribution in [0.25, 0.3) is 10.2 Å². The summed E-state index contributed by atoms with van der Waals surface area (Å²) in [6, 6.07) is 15.7. The van der Waals surface area contributed by atoms with Crippen LogP contribution in [0.5, 0.6) is 5.75 Å². The van der Waals surface area contributed by atoms with E-state index in [-0.39, 0.29) is 5.91 Å². The molecule has 0 atom stereocenters. The van der Waals surface area contributed by atoms with E-state index in [2.05, 4.69) is 16.4 Å². The van der Waals surface area contributed by atoms with Crippen LogP contribution in [0.15, 0.2) is 48.5 Å². The van der Waals surface area contributed by atoms with Gasteiger partial charge < -0.3 is 10.1 Å². The Morgan fingerprint density at radius 2 is 1.96 bits per heavy atom. The minimum absolute atomic E-state index is 0.0417. The maximum atomic E-state index is 12.0. The number of hydrogen-bond donors (Lipinski definition) is 1. The summed E-state index contributed by atoms with van der Waals surface area (Å²) in [6.45, 7) is 0.530. The highest BCUT2D eigenvalue weighted by Crippen LogP contribution is 2.22. The third-order valence-corrected chi connectivity index (χ3v) is 4.65. The van der Waals surface area contributed by atoms with Gasteiger partial charge in [-0.25, -0.2) is 4.98 Å². The maximum Gasteiger partial charge on any atom is 0.220 e. The molecule has 0 aliphatic rings. The Hall–Kier alpha value is -2.40. The van der Waals surface area contributed by atoms with Gasteiger partial charge in [-0.3, -0.25) is 4.79 Å². The summed E-state index contributed by atoms with van der Waals surface area (Å²) in [7, 11) is 1.64. The molecule has 1 heterocycles. The van der Waals surface area contributed by atoms with E-state index in [1.54, 1.807) is 18.4 Å². The fourth-order valence-electron chi connectivity index (χ4n) is 2.28. The van der Waals surface area contributed by atoms with Gasteiger partial charge in [0, 0.05) is 19.4 Å². The summed E-state index contributed by atoms with van der Waals surface area (Å²) < 4.78 is 6.28. The predicted octanol–water partition coefficient (Wildman–Crippen LogP) is 3.55. The number of benzene rings is 2. The van der Waals surface area contributed by atoms with Crippen LogP contribution in [0.1, 0.15) is 17.0 Å². The zero-order valence-corrected chi connectivity index (χ0v) is 13.7. The largest absolute Gasteiger partial charge is 0.497 e. The molecule has 0 spiro atoms. The Morgan fingerprint density at radius 3 is 2.70 bits per heavy atom. The van der Waals surface area contributed by atoms with Gasteiger partial charge in [0.25, 0.3) is 0 Å². The summed E-state index contributed by atoms with van der Waals surface area (Å²) in [4.78, 5) is 16.5. The number of hydrogen-bond acceptors (Lipinski definition) is 4. The van der Waals surface area contributed by atoms with E-state index in [1.165, 1.54) is 4.70 Å². The van der Waals surface area contributed by atoms with Crippen molar-refractivity contribution in [1.29, 1.82) is 0 Å². The normalized spacial score (nSPS) is 10.7. The first-order valence-electron chi connectivity index (χ1n) is 7.48. The molecule has 3 rings (SSSR count). The van der Waals surface area contributed by atoms with E-state index in [1.807, 2.05) is 42.5 Å². The van der Waals surface area contributed by atoms with Crippen molar-refractivity contribution in [1.82, 2.24) is 10.3 Å². The smallest absolute Gasteiger partial charge is 0.220 e. The number of nitrogens with one attached hydrogen (secondary N) is 1. The van der Waals surface area contributed by atoms with Crippen LogP contribution < -0.4 is 10.1 Å². The lowest BCUT2D eigenvalue weighted by atomic mass is 10.2. The number of rotatable bonds is 6. The Bertz CT molecular complexity index is 763. The fourth-order valence-corrected chi connectivity index (χ4v) is 3.25. The molecular formula is C18H18N2O2S. The molecule has 118 valence electrons. The summed E-state index contributed by atoms with van der Waals surface area (Å²) in [5, 5.41) is 3.94. The molecule has 0 fully saturated rings. The van der Waals surface area contributed by atoms with Crippen molar-refractivity contribution < 1.29 is 9.53 Å². The van der Waals surface area contributed by atoms with E-state index in [0.29, 0.717) is 19.4 Å². The summed E-state index contributed by atoms with van der Waals surface area (Å²) in [6.07, 6.45) is 1.13. The van der Waals surface area contributed by atoms with Crippen molar-refractivity contribution in [3.05, 3.63) is 59.1 Å². The Morgan fingerprint density at radius 1 is 1.17 bits per heavy atom. The van der Waals surface area contributed by atoms with Gasteiger partial charge in [-0.1, -0.05) is 24.3 Å². The highest BCUT2D eigenvalue weighted by Gasteiger charge is 2.07. The summed E-state index contributed by atoms with van der Waals surface area (Å²) in [5.74, 6) is 0.857. The predicted molar refractivity (Wildman–Crippen MR) is 92.8 cm³/mol. The number of carbonyl (C=O) groups excluding carboxylic acids is 1. The molecule has 0 aliphatic carbocycles. The first-order valence-corrected chi connectivity index (χ1v) is 8.30. The van der Waals surface area contributed by atoms with Gasteiger partial charge in [0.15, 0.2) is 0 Å². The molecule has 1 aromatic heterocycles. The second-order valence-corrected chi connectivity index (χ2v) is 6.32. The average Bonchev–Trinajstić information content (AvgIpc) is 3.01. The molecule has 1 N–H and O–H groups in total. The first kappa shape index (κ1) is 15.5. The van der Waals surface area contributed by atoms with Gasteiger partial charge in [0.05, 0.1) is 22.3 Å². The lowest BCUT2D eigenvalue weighted by Gasteiger charge is -2.05. The zero-order chi connectivity index (χ0) is 16.1. The fraction of sp³-hybridized carbons (Fsp3) is 0.222. The lowest BCUT2D eigenvalue weighted by Crippen LogP contribution is -2.22. The molecule has 0 bridgehead atoms. The van der Waals surface area contributed by atoms with Gasteiger partial charge in [-0.15, -0.1) is 11.3 Å². The number of fused-ring (bicyclic) bond motifs is 1. The minimum atomic E-state index is 0.0417. The molecule has 4 nitrogen and oxygen atoms in total. The number of carbonyl (C=O) groups is 1. The number of ether oxygens (including phenoxy) is 1. The average molecular weight is 326 g/mol. The second-order valence-electron chi connectivity index (χ2n) is 5.20. The number of methoxy groups -OCH3 is 1. The third kappa shape index (κ3) is 4.07. The molecule has 2 aromatic carbocycles. The number of nitrogens with zero attached hydrogens (tertiary/aromatic N) is 1. The summed E-state index contributed by atoms with van der Waals surface area (Å²) in [5.41, 5.74) is 2.06. The number of thiazole rings is 1. The van der Waals surface area contributed by atoms with E-state index < -0.39 is 0 Å². The molecule has 1 amide bonds. The SMILES string of the molecule is COc1ccc(CNC(=O)CCc2nc3ccccc3s2)cc1. The van der Waals surface area contributed by atoms with E-state index in [0.717, 1.165) is 21.8 Å². The maximum absolute atomic E-state index is 12.0. The Balaban J connectivity index is 1.49. The van der Waals surface area contributed by atoms with Crippen molar-refractivity contribution in [2.24, 2.45) is 0 Å². The van der Waals surface area contributed by atoms with Crippen molar-refractivity contribution in [3.63, 3.8) is 0 Å². The number of aromatic nitrogens is 1. The lowest BCUT2D eigenvalue weighted by molar-refractivity contribution is -0.121. The standard InChI is InChI=1S/C18H18N2O2S/c1-22-14-8-6-13(7-9-14)12-19-17(21)10-11-18-20-15-4-2-3-5-16(15)23-18/h2-9H,10-12H2,1H3,(H,19,21). The van der Waals surface area contributed by atoms with Crippen molar-refractivity contribution >= 4 is 27.5 Å². The molecule has 0 unspecified atom stereocenters. The number of para-hydroxylation sites is 1. The quantitative estimate of drug-likeness (QED) is 0.753. The molecule has 0 saturated heterocycles. The Labute approximate surface area is 139 Å². The first-order chi connectivity index (χ1) is 11.2. The molecule has 5 heteroatoms. The van der Waals surface area contributed by atoms with Crippen LogP contribution >= 0.6 is 11.3 Å². The Kier molecular flexibility index (Phi) is 4.88. The highest BCUT2D eigenvalue weighted by molar-refractivity contribution is 7.18. The van der Waals surface area contributed by atoms with Gasteiger partial charge in [0.1, 0.15) is 5.75 Å². The molecule has 0 saturated carbocycles. The van der Waals surface area contributed by atoms with Crippen LogP contribution in [0.4, 0.5) is 0 Å². The van der Waals surface area contributed by atoms with Crippen LogP contribution in [-0.4, -0.2) is 18.0 Å². The van der Waals surface area contributed by atoms with Crippen LogP contribution in [0.2, 0.25) is 0 Å². The molecular weight excluding hydrogens is 308 g/mol. The third-order valence-electron chi connectivity index (χ3n) is 3.55. The highest BCUT2D eigenvalue weighted by atomic mass is 32.1. The van der Waals surface area contributed by atoms with Crippen molar-refractivity contribution in [3.8, 4) is 5.75 Å². The number of aryl methyl sites for hydroxylation is 1. The monoisotopic (exact) mass is 326 g/mol. The second kappa shape index (κ2) is 7.24. The van der Waals surface area contributed by atoms with E-state index in [4.69, 9.17) is 4.74 Å².